The van der Waals surface area contributed by atoms with Crippen LogP contribution in [0, 0.1) is 13.8 Å². The molecule has 11 heteroatoms. The highest BCUT2D eigenvalue weighted by atomic mass is 32.2. The highest BCUT2D eigenvalue weighted by Gasteiger charge is 2.23. The lowest BCUT2D eigenvalue weighted by Crippen LogP contribution is -2.49. The second kappa shape index (κ2) is 9.20. The fourth-order valence-corrected chi connectivity index (χ4v) is 5.34. The number of hydrogen-bond donors (Lipinski definition) is 2. The van der Waals surface area contributed by atoms with Gasteiger partial charge in [-0.25, -0.2) is 28.1 Å². The van der Waals surface area contributed by atoms with Crippen molar-refractivity contribution < 1.29 is 13.2 Å². The summed E-state index contributed by atoms with van der Waals surface area (Å²) in [6.07, 6.45) is 3.28. The minimum atomic E-state index is -3.71. The van der Waals surface area contributed by atoms with Gasteiger partial charge in [0.1, 0.15) is 5.69 Å². The summed E-state index contributed by atoms with van der Waals surface area (Å²) >= 11 is 1.48. The van der Waals surface area contributed by atoms with Gasteiger partial charge < -0.3 is 10.5 Å². The van der Waals surface area contributed by atoms with Crippen LogP contribution < -0.4 is 10.5 Å². The van der Waals surface area contributed by atoms with E-state index in [0.29, 0.717) is 36.0 Å². The van der Waals surface area contributed by atoms with Crippen LogP contribution in [0.2, 0.25) is 0 Å². The molecular weight excluding hydrogens is 448 g/mol. The second-order valence-electron chi connectivity index (χ2n) is 7.77. The van der Waals surface area contributed by atoms with Gasteiger partial charge in [-0.1, -0.05) is 6.07 Å². The Hall–Kier alpha value is -2.44. The van der Waals surface area contributed by atoms with E-state index in [2.05, 4.69) is 24.6 Å². The highest BCUT2D eigenvalue weighted by molar-refractivity contribution is 7.89. The number of nitrogen functional groups attached to an aromatic ring is 1. The van der Waals surface area contributed by atoms with Crippen molar-refractivity contribution in [1.29, 1.82) is 0 Å². The normalized spacial score (nSPS) is 17.5. The summed E-state index contributed by atoms with van der Waals surface area (Å²) in [4.78, 5) is 16.3. The molecule has 0 amide bonds. The van der Waals surface area contributed by atoms with Crippen LogP contribution in [0.25, 0.3) is 21.8 Å². The van der Waals surface area contributed by atoms with Crippen molar-refractivity contribution in [2.45, 2.75) is 24.8 Å². The molecule has 3 N–H and O–H groups in total. The molecule has 4 rings (SSSR count). The van der Waals surface area contributed by atoms with Gasteiger partial charge in [0.2, 0.25) is 10.0 Å². The number of nitrogens with one attached hydrogen (secondary N) is 1. The Morgan fingerprint density at radius 1 is 1.28 bits per heavy atom. The molecule has 0 saturated carbocycles. The third kappa shape index (κ3) is 4.81. The summed E-state index contributed by atoms with van der Waals surface area (Å²) in [6.45, 7) is 6.02. The number of rotatable bonds is 6. The van der Waals surface area contributed by atoms with Crippen molar-refractivity contribution in [3.8, 4) is 21.8 Å². The lowest BCUT2D eigenvalue weighted by molar-refractivity contribution is 0.00824. The summed E-state index contributed by atoms with van der Waals surface area (Å²) in [7, 11) is -1.74. The van der Waals surface area contributed by atoms with Gasteiger partial charge >= 0.3 is 0 Å². The van der Waals surface area contributed by atoms with Crippen molar-refractivity contribution in [3.63, 3.8) is 0 Å². The van der Waals surface area contributed by atoms with Crippen molar-refractivity contribution in [3.05, 3.63) is 41.2 Å². The Labute approximate surface area is 191 Å². The topological polar surface area (TPSA) is 123 Å². The average Bonchev–Trinajstić information content (AvgIpc) is 3.20. The quantitative estimate of drug-likeness (QED) is 0.557. The molecule has 1 fully saturated rings. The molecule has 1 aromatic carbocycles. The van der Waals surface area contributed by atoms with Gasteiger partial charge in [0.25, 0.3) is 0 Å². The van der Waals surface area contributed by atoms with Gasteiger partial charge in [-0.15, -0.1) is 11.3 Å². The molecule has 0 spiro atoms. The van der Waals surface area contributed by atoms with Crippen LogP contribution in [0.5, 0.6) is 0 Å². The Morgan fingerprint density at radius 2 is 2.09 bits per heavy atom. The molecule has 1 aliphatic rings. The number of hydrogen-bond acceptors (Lipinski definition) is 9. The van der Waals surface area contributed by atoms with Gasteiger partial charge in [-0.3, -0.25) is 4.90 Å². The smallest absolute Gasteiger partial charge is 0.240 e. The Bertz CT molecular complexity index is 1230. The number of aryl methyl sites for hydroxylation is 2. The van der Waals surface area contributed by atoms with Gasteiger partial charge in [0.15, 0.2) is 5.82 Å². The molecule has 0 bridgehead atoms. The van der Waals surface area contributed by atoms with E-state index in [1.165, 1.54) is 11.3 Å². The SMILES string of the molecule is Cc1ncc(-c2nc(-c3cc(S(=O)(=O)NCC4COCCN4C)ccc3C)cnc2N)s1. The molecule has 0 aliphatic carbocycles. The molecule has 1 aliphatic heterocycles. The average molecular weight is 475 g/mol. The predicted molar refractivity (Wildman–Crippen MR) is 125 cm³/mol. The maximum Gasteiger partial charge on any atom is 0.240 e. The first-order valence-electron chi connectivity index (χ1n) is 10.2. The largest absolute Gasteiger partial charge is 0.382 e. The summed E-state index contributed by atoms with van der Waals surface area (Å²) in [5.74, 6) is 0.305. The number of anilines is 1. The number of morpholine rings is 1. The molecule has 1 saturated heterocycles. The van der Waals surface area contributed by atoms with Crippen LogP contribution in [0.15, 0.2) is 35.5 Å². The number of ether oxygens (including phenoxy) is 1. The molecule has 1 atom stereocenters. The van der Waals surface area contributed by atoms with Crippen LogP contribution in [-0.2, 0) is 14.8 Å². The van der Waals surface area contributed by atoms with Crippen LogP contribution in [-0.4, -0.2) is 67.7 Å². The van der Waals surface area contributed by atoms with Crippen LogP contribution in [0.1, 0.15) is 10.6 Å². The zero-order valence-corrected chi connectivity index (χ0v) is 19.8. The van der Waals surface area contributed by atoms with Crippen molar-refractivity contribution in [2.75, 3.05) is 39.1 Å². The first-order chi connectivity index (χ1) is 15.2. The minimum Gasteiger partial charge on any atom is -0.382 e. The lowest BCUT2D eigenvalue weighted by Gasteiger charge is -2.32. The van der Waals surface area contributed by atoms with Crippen molar-refractivity contribution in [1.82, 2.24) is 24.6 Å². The summed E-state index contributed by atoms with van der Waals surface area (Å²) in [5.41, 5.74) is 8.71. The summed E-state index contributed by atoms with van der Waals surface area (Å²) in [5, 5.41) is 0.899. The van der Waals surface area contributed by atoms with Crippen molar-refractivity contribution in [2.24, 2.45) is 0 Å². The number of nitrogens with zero attached hydrogens (tertiary/aromatic N) is 4. The van der Waals surface area contributed by atoms with E-state index in [9.17, 15) is 8.42 Å². The molecule has 3 heterocycles. The van der Waals surface area contributed by atoms with Gasteiger partial charge in [0.05, 0.1) is 39.9 Å². The molecule has 170 valence electrons. The first-order valence-corrected chi connectivity index (χ1v) is 12.5. The molecule has 32 heavy (non-hydrogen) atoms. The molecular formula is C21H26N6O3S2. The number of thiazole rings is 1. The zero-order chi connectivity index (χ0) is 22.9. The van der Waals surface area contributed by atoms with Gasteiger partial charge in [-0.2, -0.15) is 0 Å². The highest BCUT2D eigenvalue weighted by Crippen LogP contribution is 2.31. The predicted octanol–water partition coefficient (Wildman–Crippen LogP) is 2.08. The number of benzene rings is 1. The molecule has 2 aromatic heterocycles. The third-order valence-corrected chi connectivity index (χ3v) is 7.82. The van der Waals surface area contributed by atoms with E-state index in [0.717, 1.165) is 22.0 Å². The van der Waals surface area contributed by atoms with Crippen LogP contribution in [0.4, 0.5) is 5.82 Å². The summed E-state index contributed by atoms with van der Waals surface area (Å²) in [6, 6.07) is 4.99. The maximum absolute atomic E-state index is 13.0. The molecule has 1 unspecified atom stereocenters. The van der Waals surface area contributed by atoms with Crippen LogP contribution >= 0.6 is 11.3 Å². The van der Waals surface area contributed by atoms with Crippen molar-refractivity contribution >= 4 is 27.2 Å². The zero-order valence-electron chi connectivity index (χ0n) is 18.2. The molecule has 9 nitrogen and oxygen atoms in total. The van der Waals surface area contributed by atoms with E-state index >= 15 is 0 Å². The molecule has 0 radical (unpaired) electrons. The maximum atomic E-state index is 13.0. The molecule has 3 aromatic rings. The van der Waals surface area contributed by atoms with E-state index < -0.39 is 10.0 Å². The number of nitrogens with two attached hydrogens (primary N) is 1. The van der Waals surface area contributed by atoms with Gasteiger partial charge in [0, 0.05) is 30.9 Å². The first kappa shape index (κ1) is 22.7. The minimum absolute atomic E-state index is 0.00294. The van der Waals surface area contributed by atoms with E-state index in [-0.39, 0.29) is 17.5 Å². The fourth-order valence-electron chi connectivity index (χ4n) is 3.47. The number of aromatic nitrogens is 3. The van der Waals surface area contributed by atoms with E-state index in [4.69, 9.17) is 10.5 Å². The Kier molecular flexibility index (Phi) is 6.54. The van der Waals surface area contributed by atoms with E-state index in [1.807, 2.05) is 20.9 Å². The van der Waals surface area contributed by atoms with E-state index in [1.54, 1.807) is 30.6 Å². The standard InChI is InChI=1S/C21H26N6O3S2/c1-13-4-5-16(32(28,29)25-9-15-12-30-7-6-27(15)3)8-17(13)18-10-24-21(22)20(26-18)19-11-23-14(2)31-19/h4-5,8,10-11,15,25H,6-7,9,12H2,1-3H3,(H2,22,24). The van der Waals surface area contributed by atoms with Gasteiger partial charge in [-0.05, 0) is 38.6 Å². The lowest BCUT2D eigenvalue weighted by atomic mass is 10.1. The van der Waals surface area contributed by atoms with Crippen LogP contribution in [0.3, 0.4) is 0 Å². The monoisotopic (exact) mass is 474 g/mol. The third-order valence-electron chi connectivity index (χ3n) is 5.48. The fraction of sp³-hybridized carbons (Fsp3) is 0.381. The number of likely N-dealkylation sites (N-methyl/N-ethyl adjacent to an activating group) is 1. The Balaban J connectivity index is 1.63. The second-order valence-corrected chi connectivity index (χ2v) is 10.8. The summed E-state index contributed by atoms with van der Waals surface area (Å²) < 4.78 is 34.2. The number of sulfonamides is 1. The Morgan fingerprint density at radius 3 is 2.81 bits per heavy atom.